The molecule has 3 heterocycles. The van der Waals surface area contributed by atoms with E-state index in [9.17, 15) is 13.6 Å². The molecule has 172 valence electrons. The van der Waals surface area contributed by atoms with Gasteiger partial charge < -0.3 is 24.1 Å². The molecule has 0 aliphatic heterocycles. The number of hydrogen-bond donors (Lipinski definition) is 1. The van der Waals surface area contributed by atoms with E-state index in [1.165, 1.54) is 25.3 Å². The summed E-state index contributed by atoms with van der Waals surface area (Å²) in [6.07, 6.45) is 4.23. The summed E-state index contributed by atoms with van der Waals surface area (Å²) >= 11 is 0. The monoisotopic (exact) mass is 448 g/mol. The SMILES string of the molecule is CCC(NC(=O)N(CC)Cc1cc(-c2cn3ccnc3c(OC)n2)c(OC)cn1)C(F)F. The van der Waals surface area contributed by atoms with E-state index < -0.39 is 18.5 Å². The van der Waals surface area contributed by atoms with Crippen LogP contribution in [0.2, 0.25) is 0 Å². The number of pyridine rings is 1. The predicted molar refractivity (Wildman–Crippen MR) is 114 cm³/mol. The van der Waals surface area contributed by atoms with Gasteiger partial charge in [0, 0.05) is 30.7 Å². The third kappa shape index (κ3) is 4.87. The van der Waals surface area contributed by atoms with Gasteiger partial charge in [-0.05, 0) is 19.4 Å². The summed E-state index contributed by atoms with van der Waals surface area (Å²) in [5.74, 6) is 0.833. The molecule has 0 aromatic carbocycles. The minimum absolute atomic E-state index is 0.128. The third-order valence-electron chi connectivity index (χ3n) is 5.03. The maximum atomic E-state index is 13.0. The highest BCUT2D eigenvalue weighted by atomic mass is 19.3. The number of rotatable bonds is 9. The normalized spacial score (nSPS) is 12.1. The summed E-state index contributed by atoms with van der Waals surface area (Å²) in [4.78, 5) is 27.0. The molecule has 1 unspecified atom stereocenters. The van der Waals surface area contributed by atoms with E-state index in [-0.39, 0.29) is 13.0 Å². The zero-order valence-electron chi connectivity index (χ0n) is 18.4. The van der Waals surface area contributed by atoms with Crippen LogP contribution in [0.25, 0.3) is 16.9 Å². The fraction of sp³-hybridized carbons (Fsp3) is 0.429. The number of fused-ring (bicyclic) bond motifs is 1. The van der Waals surface area contributed by atoms with Crippen LogP contribution in [0, 0.1) is 0 Å². The maximum absolute atomic E-state index is 13.0. The van der Waals surface area contributed by atoms with Crippen molar-refractivity contribution in [1.82, 2.24) is 29.6 Å². The molecule has 32 heavy (non-hydrogen) atoms. The average Bonchev–Trinajstić information content (AvgIpc) is 3.28. The number of aromatic nitrogens is 4. The first-order valence-corrected chi connectivity index (χ1v) is 10.2. The molecule has 0 aliphatic carbocycles. The first-order valence-electron chi connectivity index (χ1n) is 10.2. The quantitative estimate of drug-likeness (QED) is 0.539. The molecule has 1 atom stereocenters. The van der Waals surface area contributed by atoms with Gasteiger partial charge in [0.25, 0.3) is 12.3 Å². The number of hydrogen-bond acceptors (Lipinski definition) is 6. The lowest BCUT2D eigenvalue weighted by Gasteiger charge is -2.25. The van der Waals surface area contributed by atoms with Gasteiger partial charge in [0.15, 0.2) is 5.65 Å². The van der Waals surface area contributed by atoms with Gasteiger partial charge in [-0.2, -0.15) is 0 Å². The van der Waals surface area contributed by atoms with Crippen molar-refractivity contribution in [3.8, 4) is 22.9 Å². The number of carbonyl (C=O) groups is 1. The lowest BCUT2D eigenvalue weighted by atomic mass is 10.1. The van der Waals surface area contributed by atoms with Crippen molar-refractivity contribution < 1.29 is 23.0 Å². The highest BCUT2D eigenvalue weighted by Crippen LogP contribution is 2.31. The van der Waals surface area contributed by atoms with Crippen molar-refractivity contribution in [2.45, 2.75) is 39.3 Å². The lowest BCUT2D eigenvalue weighted by Crippen LogP contribution is -2.47. The highest BCUT2D eigenvalue weighted by Gasteiger charge is 2.23. The maximum Gasteiger partial charge on any atom is 0.318 e. The topological polar surface area (TPSA) is 93.9 Å². The number of urea groups is 1. The molecule has 0 fully saturated rings. The van der Waals surface area contributed by atoms with E-state index in [4.69, 9.17) is 9.47 Å². The standard InChI is InChI=1S/C21H26F2N6O3/c1-5-15(18(22)23)27-21(30)28(6-2)11-13-9-14(17(31-3)10-25-13)16-12-29-8-7-24-19(29)20(26-16)32-4/h7-10,12,15,18H,5-6,11H2,1-4H3,(H,27,30). The molecule has 0 saturated heterocycles. The Morgan fingerprint density at radius 1 is 1.25 bits per heavy atom. The van der Waals surface area contributed by atoms with Crippen LogP contribution in [0.3, 0.4) is 0 Å². The number of nitrogens with one attached hydrogen (secondary N) is 1. The summed E-state index contributed by atoms with van der Waals surface area (Å²) in [7, 11) is 3.03. The summed E-state index contributed by atoms with van der Waals surface area (Å²) in [6.45, 7) is 3.82. The Labute approximate surface area is 184 Å². The Morgan fingerprint density at radius 2 is 2.03 bits per heavy atom. The van der Waals surface area contributed by atoms with Crippen molar-refractivity contribution in [3.63, 3.8) is 0 Å². The second-order valence-electron chi connectivity index (χ2n) is 6.98. The lowest BCUT2D eigenvalue weighted by molar-refractivity contribution is 0.0944. The molecule has 3 rings (SSSR count). The number of carbonyl (C=O) groups excluding carboxylic acids is 1. The Hall–Kier alpha value is -3.50. The molecular formula is C21H26F2N6O3. The number of halogens is 2. The van der Waals surface area contributed by atoms with Crippen molar-refractivity contribution in [2.24, 2.45) is 0 Å². The number of methoxy groups -OCH3 is 2. The van der Waals surface area contributed by atoms with E-state index in [2.05, 4.69) is 20.3 Å². The van der Waals surface area contributed by atoms with E-state index in [0.29, 0.717) is 40.8 Å². The van der Waals surface area contributed by atoms with Gasteiger partial charge in [-0.3, -0.25) is 4.98 Å². The van der Waals surface area contributed by atoms with Crippen molar-refractivity contribution in [3.05, 3.63) is 36.5 Å². The zero-order valence-corrected chi connectivity index (χ0v) is 18.4. The first-order chi connectivity index (χ1) is 15.4. The van der Waals surface area contributed by atoms with E-state index in [1.54, 1.807) is 42.9 Å². The van der Waals surface area contributed by atoms with E-state index in [0.717, 1.165) is 0 Å². The van der Waals surface area contributed by atoms with Crippen molar-refractivity contribution >= 4 is 11.7 Å². The van der Waals surface area contributed by atoms with Crippen LogP contribution in [0.5, 0.6) is 11.6 Å². The molecule has 11 heteroatoms. The van der Waals surface area contributed by atoms with Gasteiger partial charge in [0.1, 0.15) is 5.75 Å². The van der Waals surface area contributed by atoms with Gasteiger partial charge in [-0.15, -0.1) is 0 Å². The molecule has 0 radical (unpaired) electrons. The fourth-order valence-electron chi connectivity index (χ4n) is 3.22. The molecule has 1 N–H and O–H groups in total. The summed E-state index contributed by atoms with van der Waals surface area (Å²) in [5, 5.41) is 2.38. The van der Waals surface area contributed by atoms with Crippen LogP contribution in [0.15, 0.2) is 30.9 Å². The minimum atomic E-state index is -2.63. The van der Waals surface area contributed by atoms with Crippen molar-refractivity contribution in [1.29, 1.82) is 0 Å². The van der Waals surface area contributed by atoms with Gasteiger partial charge in [-0.1, -0.05) is 6.92 Å². The Kier molecular flexibility index (Phi) is 7.39. The highest BCUT2D eigenvalue weighted by molar-refractivity contribution is 5.75. The number of amides is 2. The third-order valence-corrected chi connectivity index (χ3v) is 5.03. The predicted octanol–water partition coefficient (Wildman–Crippen LogP) is 3.38. The summed E-state index contributed by atoms with van der Waals surface area (Å²) in [6, 6.07) is -0.0167. The van der Waals surface area contributed by atoms with Gasteiger partial charge in [0.05, 0.1) is 44.4 Å². The second-order valence-corrected chi connectivity index (χ2v) is 6.98. The minimum Gasteiger partial charge on any atom is -0.494 e. The molecule has 2 amide bonds. The van der Waals surface area contributed by atoms with E-state index in [1.807, 2.05) is 0 Å². The Balaban J connectivity index is 1.91. The second kappa shape index (κ2) is 10.2. The first kappa shape index (κ1) is 23.2. The van der Waals surface area contributed by atoms with Crippen molar-refractivity contribution in [2.75, 3.05) is 20.8 Å². The van der Waals surface area contributed by atoms with Gasteiger partial charge in [0.2, 0.25) is 0 Å². The zero-order chi connectivity index (χ0) is 23.3. The fourth-order valence-corrected chi connectivity index (χ4v) is 3.22. The average molecular weight is 448 g/mol. The van der Waals surface area contributed by atoms with Crippen LogP contribution in [-0.4, -0.2) is 63.5 Å². The largest absolute Gasteiger partial charge is 0.494 e. The molecule has 0 spiro atoms. The molecule has 0 bridgehead atoms. The Morgan fingerprint density at radius 3 is 2.66 bits per heavy atom. The van der Waals surface area contributed by atoms with Crippen LogP contribution in [0.1, 0.15) is 26.0 Å². The van der Waals surface area contributed by atoms with E-state index >= 15 is 0 Å². The molecule has 3 aromatic heterocycles. The summed E-state index contributed by atoms with van der Waals surface area (Å²) in [5.41, 5.74) is 2.32. The van der Waals surface area contributed by atoms with Crippen LogP contribution in [-0.2, 0) is 6.54 Å². The molecule has 0 saturated carbocycles. The Bertz CT molecular complexity index is 1070. The number of imidazole rings is 1. The van der Waals surface area contributed by atoms with Crippen LogP contribution >= 0.6 is 0 Å². The van der Waals surface area contributed by atoms with Crippen LogP contribution < -0.4 is 14.8 Å². The smallest absolute Gasteiger partial charge is 0.318 e. The molecular weight excluding hydrogens is 422 g/mol. The van der Waals surface area contributed by atoms with Gasteiger partial charge in [-0.25, -0.2) is 23.5 Å². The molecule has 3 aromatic rings. The molecule has 9 nitrogen and oxygen atoms in total. The summed E-state index contributed by atoms with van der Waals surface area (Å²) < 4.78 is 38.7. The van der Waals surface area contributed by atoms with Gasteiger partial charge >= 0.3 is 6.03 Å². The van der Waals surface area contributed by atoms with Crippen LogP contribution in [0.4, 0.5) is 13.6 Å². The number of nitrogens with zero attached hydrogens (tertiary/aromatic N) is 5. The molecule has 0 aliphatic rings. The number of ether oxygens (including phenoxy) is 2. The number of alkyl halides is 2.